The minimum absolute atomic E-state index is 0.00142. The van der Waals surface area contributed by atoms with E-state index in [1.165, 1.54) is 24.6 Å². The third-order valence-electron chi connectivity index (χ3n) is 3.25. The van der Waals surface area contributed by atoms with Crippen molar-refractivity contribution in [1.82, 2.24) is 14.9 Å². The largest absolute Gasteiger partial charge is 0.391 e. The molecule has 1 aromatic heterocycles. The van der Waals surface area contributed by atoms with Crippen LogP contribution in [0.1, 0.15) is 25.7 Å². The number of anilines is 2. The number of nitrogens with two attached hydrogens (primary N) is 2. The molecule has 0 aliphatic carbocycles. The number of hydrogen-bond donors (Lipinski definition) is 3. The van der Waals surface area contributed by atoms with E-state index >= 15 is 0 Å². The number of amides is 1. The molecule has 1 fully saturated rings. The van der Waals surface area contributed by atoms with E-state index in [1.807, 2.05) is 4.90 Å². The van der Waals surface area contributed by atoms with E-state index in [9.17, 15) is 9.59 Å². The van der Waals surface area contributed by atoms with Gasteiger partial charge in [0.25, 0.3) is 5.56 Å². The molecule has 0 unspecified atom stereocenters. The molecule has 0 atom stereocenters. The highest BCUT2D eigenvalue weighted by Gasteiger charge is 2.16. The Morgan fingerprint density at radius 2 is 1.90 bits per heavy atom. The molecule has 0 radical (unpaired) electrons. The van der Waals surface area contributed by atoms with Gasteiger partial charge < -0.3 is 16.4 Å². The number of nitrogens with zero attached hydrogens (tertiary/aromatic N) is 2. The van der Waals surface area contributed by atoms with Crippen LogP contribution in [0.2, 0.25) is 0 Å². The Kier molecular flexibility index (Phi) is 4.89. The number of rotatable bonds is 3. The quantitative estimate of drug-likeness (QED) is 0.550. The second-order valence-corrected chi connectivity index (χ2v) is 5.72. The molecule has 110 valence electrons. The second-order valence-electron chi connectivity index (χ2n) is 4.75. The van der Waals surface area contributed by atoms with Gasteiger partial charge >= 0.3 is 0 Å². The minimum Gasteiger partial charge on any atom is -0.391 e. The average molecular weight is 297 g/mol. The highest BCUT2D eigenvalue weighted by Crippen LogP contribution is 2.17. The molecule has 0 bridgehead atoms. The molecule has 1 aliphatic rings. The van der Waals surface area contributed by atoms with Gasteiger partial charge in [0, 0.05) is 13.1 Å². The predicted octanol–water partition coefficient (Wildman–Crippen LogP) is 0.429. The molecular formula is C12H19N5O2S. The number of aromatic nitrogens is 2. The maximum Gasteiger partial charge on any atom is 0.276 e. The zero-order valence-electron chi connectivity index (χ0n) is 11.2. The lowest BCUT2D eigenvalue weighted by molar-refractivity contribution is -0.128. The van der Waals surface area contributed by atoms with Crippen molar-refractivity contribution in [3.05, 3.63) is 10.4 Å². The number of nitrogen functional groups attached to an aromatic ring is 2. The smallest absolute Gasteiger partial charge is 0.276 e. The maximum atomic E-state index is 12.1. The fraction of sp³-hybridized carbons (Fsp3) is 0.583. The van der Waals surface area contributed by atoms with Gasteiger partial charge in [-0.15, -0.1) is 0 Å². The summed E-state index contributed by atoms with van der Waals surface area (Å²) in [5.41, 5.74) is 10.4. The molecule has 8 heteroatoms. The first kappa shape index (κ1) is 14.7. The summed E-state index contributed by atoms with van der Waals surface area (Å²) < 4.78 is 0. The summed E-state index contributed by atoms with van der Waals surface area (Å²) in [7, 11) is 0. The van der Waals surface area contributed by atoms with Gasteiger partial charge in [0.2, 0.25) is 5.91 Å². The van der Waals surface area contributed by atoms with Crippen LogP contribution < -0.4 is 17.0 Å². The van der Waals surface area contributed by atoms with Crippen LogP contribution in [0, 0.1) is 0 Å². The Bertz CT molecular complexity index is 537. The van der Waals surface area contributed by atoms with Crippen LogP contribution in [0.4, 0.5) is 11.5 Å². The van der Waals surface area contributed by atoms with Crippen molar-refractivity contribution >= 4 is 29.2 Å². The SMILES string of the molecule is Nc1nc(SCC(=O)N2CCCCCC2)[nH]c(=O)c1N. The van der Waals surface area contributed by atoms with E-state index in [0.717, 1.165) is 25.9 Å². The van der Waals surface area contributed by atoms with Crippen LogP contribution >= 0.6 is 11.8 Å². The minimum atomic E-state index is -0.470. The van der Waals surface area contributed by atoms with Gasteiger partial charge in [-0.1, -0.05) is 24.6 Å². The summed E-state index contributed by atoms with van der Waals surface area (Å²) in [4.78, 5) is 31.9. The van der Waals surface area contributed by atoms with Crippen molar-refractivity contribution in [2.24, 2.45) is 0 Å². The number of hydrogen-bond acceptors (Lipinski definition) is 6. The number of aromatic amines is 1. The summed E-state index contributed by atoms with van der Waals surface area (Å²) in [6.07, 6.45) is 4.47. The summed E-state index contributed by atoms with van der Waals surface area (Å²) in [6, 6.07) is 0. The summed E-state index contributed by atoms with van der Waals surface area (Å²) in [5.74, 6) is 0.306. The molecule has 0 spiro atoms. The molecule has 1 amide bonds. The maximum absolute atomic E-state index is 12.1. The van der Waals surface area contributed by atoms with Gasteiger partial charge in [0.05, 0.1) is 5.75 Å². The van der Waals surface area contributed by atoms with Crippen molar-refractivity contribution in [2.75, 3.05) is 30.3 Å². The molecule has 5 N–H and O–H groups in total. The van der Waals surface area contributed by atoms with Crippen LogP contribution in [0.25, 0.3) is 0 Å². The lowest BCUT2D eigenvalue weighted by Gasteiger charge is -2.19. The Labute approximate surface area is 121 Å². The molecule has 1 aliphatic heterocycles. The van der Waals surface area contributed by atoms with Crippen molar-refractivity contribution in [3.8, 4) is 0 Å². The molecule has 2 rings (SSSR count). The van der Waals surface area contributed by atoms with Gasteiger partial charge in [0.15, 0.2) is 11.0 Å². The van der Waals surface area contributed by atoms with Gasteiger partial charge in [-0.3, -0.25) is 14.6 Å². The summed E-state index contributed by atoms with van der Waals surface area (Å²) >= 11 is 1.17. The highest BCUT2D eigenvalue weighted by molar-refractivity contribution is 7.99. The van der Waals surface area contributed by atoms with Crippen LogP contribution in [0.3, 0.4) is 0 Å². The van der Waals surface area contributed by atoms with E-state index < -0.39 is 5.56 Å². The number of nitrogens with one attached hydrogen (secondary N) is 1. The van der Waals surface area contributed by atoms with Crippen molar-refractivity contribution in [3.63, 3.8) is 0 Å². The normalized spacial score (nSPS) is 15.9. The van der Waals surface area contributed by atoms with Gasteiger partial charge in [-0.05, 0) is 12.8 Å². The number of carbonyl (C=O) groups excluding carboxylic acids is 1. The molecule has 2 heterocycles. The van der Waals surface area contributed by atoms with Crippen LogP contribution in [-0.2, 0) is 4.79 Å². The zero-order valence-corrected chi connectivity index (χ0v) is 12.0. The Morgan fingerprint density at radius 1 is 1.25 bits per heavy atom. The topological polar surface area (TPSA) is 118 Å². The molecule has 1 saturated heterocycles. The second kappa shape index (κ2) is 6.65. The fourth-order valence-electron chi connectivity index (χ4n) is 2.09. The number of likely N-dealkylation sites (tertiary alicyclic amines) is 1. The third-order valence-corrected chi connectivity index (χ3v) is 4.11. The van der Waals surface area contributed by atoms with Crippen molar-refractivity contribution in [2.45, 2.75) is 30.8 Å². The van der Waals surface area contributed by atoms with Crippen LogP contribution in [0.5, 0.6) is 0 Å². The fourth-order valence-corrected chi connectivity index (χ4v) is 2.86. The van der Waals surface area contributed by atoms with E-state index in [-0.39, 0.29) is 23.2 Å². The predicted molar refractivity (Wildman–Crippen MR) is 79.5 cm³/mol. The first-order valence-electron chi connectivity index (χ1n) is 6.64. The van der Waals surface area contributed by atoms with E-state index in [1.54, 1.807) is 0 Å². The lowest BCUT2D eigenvalue weighted by atomic mass is 10.2. The first-order valence-corrected chi connectivity index (χ1v) is 7.62. The third kappa shape index (κ3) is 3.66. The standard InChI is InChI=1S/C12H19N5O2S/c13-9-10(14)15-12(16-11(9)19)20-7-8(18)17-5-3-1-2-4-6-17/h1-7,13H2,(H3,14,15,16,19). The molecule has 20 heavy (non-hydrogen) atoms. The van der Waals surface area contributed by atoms with Crippen LogP contribution in [0.15, 0.2) is 9.95 Å². The molecular weight excluding hydrogens is 278 g/mol. The molecule has 0 aromatic carbocycles. The van der Waals surface area contributed by atoms with Gasteiger partial charge in [-0.25, -0.2) is 4.98 Å². The molecule has 0 saturated carbocycles. The summed E-state index contributed by atoms with van der Waals surface area (Å²) in [6.45, 7) is 1.63. The number of carbonyl (C=O) groups is 1. The average Bonchev–Trinajstić information content (AvgIpc) is 2.71. The summed E-state index contributed by atoms with van der Waals surface area (Å²) in [5, 5.41) is 0.324. The molecule has 1 aromatic rings. The van der Waals surface area contributed by atoms with E-state index in [4.69, 9.17) is 11.5 Å². The number of thioether (sulfide) groups is 1. The number of H-pyrrole nitrogens is 1. The van der Waals surface area contributed by atoms with Gasteiger partial charge in [-0.2, -0.15) is 0 Å². The Balaban J connectivity index is 1.94. The van der Waals surface area contributed by atoms with Gasteiger partial charge in [0.1, 0.15) is 5.69 Å². The lowest BCUT2D eigenvalue weighted by Crippen LogP contribution is -2.33. The highest BCUT2D eigenvalue weighted by atomic mass is 32.2. The first-order chi connectivity index (χ1) is 9.58. The molecule has 7 nitrogen and oxygen atoms in total. The Morgan fingerprint density at radius 3 is 2.50 bits per heavy atom. The Hall–Kier alpha value is -1.70. The monoisotopic (exact) mass is 297 g/mol. The van der Waals surface area contributed by atoms with Crippen molar-refractivity contribution in [1.29, 1.82) is 0 Å². The van der Waals surface area contributed by atoms with E-state index in [2.05, 4.69) is 9.97 Å². The van der Waals surface area contributed by atoms with E-state index in [0.29, 0.717) is 5.16 Å². The van der Waals surface area contributed by atoms with Crippen molar-refractivity contribution < 1.29 is 4.79 Å². The zero-order chi connectivity index (χ0) is 14.5. The van der Waals surface area contributed by atoms with Crippen LogP contribution in [-0.4, -0.2) is 39.6 Å².